The Bertz CT molecular complexity index is 669. The smallest absolute Gasteiger partial charge is 0.240 e. The lowest BCUT2D eigenvalue weighted by molar-refractivity contribution is 0.380. The van der Waals surface area contributed by atoms with Crippen molar-refractivity contribution in [3.05, 3.63) is 30.3 Å². The van der Waals surface area contributed by atoms with Gasteiger partial charge in [-0.15, -0.1) is 0 Å². The van der Waals surface area contributed by atoms with Crippen molar-refractivity contribution in [3.63, 3.8) is 0 Å². The van der Waals surface area contributed by atoms with E-state index in [4.69, 9.17) is 10.3 Å². The lowest BCUT2D eigenvalue weighted by Gasteiger charge is -1.96. The van der Waals surface area contributed by atoms with Gasteiger partial charge in [0, 0.05) is 18.0 Å². The molecule has 0 aliphatic heterocycles. The van der Waals surface area contributed by atoms with E-state index in [0.717, 1.165) is 16.5 Å². The van der Waals surface area contributed by atoms with Crippen molar-refractivity contribution in [1.82, 2.24) is 19.9 Å². The van der Waals surface area contributed by atoms with Gasteiger partial charge in [0.05, 0.1) is 18.3 Å². The van der Waals surface area contributed by atoms with Crippen LogP contribution in [0.2, 0.25) is 0 Å². The van der Waals surface area contributed by atoms with Crippen LogP contribution in [0.25, 0.3) is 22.3 Å². The normalized spacial score (nSPS) is 11.2. The number of hydrogen-bond acceptors (Lipinski definition) is 5. The van der Waals surface area contributed by atoms with Crippen LogP contribution in [0.5, 0.6) is 0 Å². The molecule has 0 unspecified atom stereocenters. The number of nitrogens with zero attached hydrogens (tertiary/aromatic N) is 4. The molecule has 3 rings (SSSR count). The molecule has 17 heavy (non-hydrogen) atoms. The van der Waals surface area contributed by atoms with Gasteiger partial charge < -0.3 is 10.3 Å². The molecule has 0 amide bonds. The Hall–Kier alpha value is -2.21. The van der Waals surface area contributed by atoms with E-state index in [1.165, 1.54) is 0 Å². The molecular weight excluding hydrogens is 218 g/mol. The number of nitrogens with two attached hydrogens (primary N) is 1. The zero-order valence-electron chi connectivity index (χ0n) is 9.29. The third-order valence-electron chi connectivity index (χ3n) is 2.65. The van der Waals surface area contributed by atoms with Gasteiger partial charge in [-0.25, -0.2) is 0 Å². The summed E-state index contributed by atoms with van der Waals surface area (Å²) in [5, 5.41) is 9.11. The number of aryl methyl sites for hydroxylation is 1. The highest BCUT2D eigenvalue weighted by atomic mass is 16.5. The lowest BCUT2D eigenvalue weighted by atomic mass is 10.1. The molecule has 0 radical (unpaired) electrons. The maximum atomic E-state index is 5.43. The van der Waals surface area contributed by atoms with Crippen molar-refractivity contribution >= 4 is 10.9 Å². The van der Waals surface area contributed by atoms with E-state index in [9.17, 15) is 0 Å². The first-order chi connectivity index (χ1) is 8.28. The third kappa shape index (κ3) is 1.58. The highest BCUT2D eigenvalue weighted by Gasteiger charge is 2.08. The van der Waals surface area contributed by atoms with Crippen LogP contribution in [-0.2, 0) is 13.6 Å². The van der Waals surface area contributed by atoms with Gasteiger partial charge in [-0.05, 0) is 18.2 Å². The molecule has 0 fully saturated rings. The van der Waals surface area contributed by atoms with E-state index in [2.05, 4.69) is 15.2 Å². The predicted octanol–water partition coefficient (Wildman–Crippen LogP) is 1.08. The van der Waals surface area contributed by atoms with E-state index in [1.807, 2.05) is 36.1 Å². The summed E-state index contributed by atoms with van der Waals surface area (Å²) in [6.07, 6.45) is 1.81. The molecule has 1 aromatic carbocycles. The molecular formula is C11H11N5O. The summed E-state index contributed by atoms with van der Waals surface area (Å²) in [6, 6.07) is 5.90. The molecule has 2 heterocycles. The van der Waals surface area contributed by atoms with Crippen LogP contribution < -0.4 is 5.73 Å². The summed E-state index contributed by atoms with van der Waals surface area (Å²) >= 11 is 0. The largest absolute Gasteiger partial charge is 0.338 e. The molecule has 0 saturated heterocycles. The molecule has 0 aliphatic carbocycles. The minimum Gasteiger partial charge on any atom is -0.338 e. The fourth-order valence-corrected chi connectivity index (χ4v) is 1.76. The standard InChI is InChI=1S/C11H11N5O/c1-16-9-3-2-7(4-8(9)6-13-16)11-14-10(5-12)17-15-11/h2-4,6H,5,12H2,1H3. The summed E-state index contributed by atoms with van der Waals surface area (Å²) in [5.74, 6) is 0.988. The van der Waals surface area contributed by atoms with Gasteiger partial charge in [-0.1, -0.05) is 5.16 Å². The molecule has 0 aliphatic rings. The average molecular weight is 229 g/mol. The number of fused-ring (bicyclic) bond motifs is 1. The van der Waals surface area contributed by atoms with Gasteiger partial charge in [0.25, 0.3) is 0 Å². The molecule has 6 heteroatoms. The Morgan fingerprint density at radius 2 is 2.29 bits per heavy atom. The highest BCUT2D eigenvalue weighted by molar-refractivity contribution is 5.83. The number of hydrogen-bond donors (Lipinski definition) is 1. The first-order valence-electron chi connectivity index (χ1n) is 5.23. The first kappa shape index (κ1) is 9.98. The maximum absolute atomic E-state index is 5.43. The van der Waals surface area contributed by atoms with Crippen molar-refractivity contribution < 1.29 is 4.52 Å². The average Bonchev–Trinajstić information content (AvgIpc) is 2.96. The van der Waals surface area contributed by atoms with Crippen molar-refractivity contribution in [2.75, 3.05) is 0 Å². The Balaban J connectivity index is 2.11. The Morgan fingerprint density at radius 3 is 3.06 bits per heavy atom. The Labute approximate surface area is 97.0 Å². The molecule has 0 bridgehead atoms. The monoisotopic (exact) mass is 229 g/mol. The van der Waals surface area contributed by atoms with E-state index < -0.39 is 0 Å². The molecule has 0 spiro atoms. The second kappa shape index (κ2) is 3.67. The topological polar surface area (TPSA) is 82.8 Å². The summed E-state index contributed by atoms with van der Waals surface area (Å²) < 4.78 is 6.80. The van der Waals surface area contributed by atoms with Crippen LogP contribution >= 0.6 is 0 Å². The summed E-state index contributed by atoms with van der Waals surface area (Å²) in [5.41, 5.74) is 7.39. The SMILES string of the molecule is Cn1ncc2cc(-c3noc(CN)n3)ccc21. The Kier molecular flexibility index (Phi) is 2.15. The predicted molar refractivity (Wildman–Crippen MR) is 61.9 cm³/mol. The zero-order valence-corrected chi connectivity index (χ0v) is 9.29. The van der Waals surface area contributed by atoms with E-state index in [-0.39, 0.29) is 6.54 Å². The van der Waals surface area contributed by atoms with E-state index in [1.54, 1.807) is 0 Å². The lowest BCUT2D eigenvalue weighted by Crippen LogP contribution is -1.95. The second-order valence-corrected chi connectivity index (χ2v) is 3.76. The maximum Gasteiger partial charge on any atom is 0.240 e. The Morgan fingerprint density at radius 1 is 1.41 bits per heavy atom. The molecule has 3 aromatic rings. The number of rotatable bonds is 2. The minimum absolute atomic E-state index is 0.252. The molecule has 2 aromatic heterocycles. The van der Waals surface area contributed by atoms with Gasteiger partial charge in [0.15, 0.2) is 0 Å². The molecule has 0 saturated carbocycles. The zero-order chi connectivity index (χ0) is 11.8. The van der Waals surface area contributed by atoms with Crippen molar-refractivity contribution in [2.24, 2.45) is 12.8 Å². The van der Waals surface area contributed by atoms with Gasteiger partial charge >= 0.3 is 0 Å². The van der Waals surface area contributed by atoms with Gasteiger partial charge in [0.2, 0.25) is 11.7 Å². The molecule has 2 N–H and O–H groups in total. The van der Waals surface area contributed by atoms with Crippen LogP contribution in [0.3, 0.4) is 0 Å². The van der Waals surface area contributed by atoms with Gasteiger partial charge in [-0.3, -0.25) is 4.68 Å². The number of aromatic nitrogens is 4. The van der Waals surface area contributed by atoms with Gasteiger partial charge in [0.1, 0.15) is 0 Å². The van der Waals surface area contributed by atoms with E-state index >= 15 is 0 Å². The fourth-order valence-electron chi connectivity index (χ4n) is 1.76. The third-order valence-corrected chi connectivity index (χ3v) is 2.65. The van der Waals surface area contributed by atoms with Gasteiger partial charge in [-0.2, -0.15) is 10.1 Å². The van der Waals surface area contributed by atoms with Crippen LogP contribution in [0.1, 0.15) is 5.89 Å². The van der Waals surface area contributed by atoms with E-state index in [0.29, 0.717) is 11.7 Å². The van der Waals surface area contributed by atoms with Crippen molar-refractivity contribution in [3.8, 4) is 11.4 Å². The van der Waals surface area contributed by atoms with Crippen LogP contribution in [0.4, 0.5) is 0 Å². The molecule has 0 atom stereocenters. The summed E-state index contributed by atoms with van der Waals surface area (Å²) in [6.45, 7) is 0.252. The van der Waals surface area contributed by atoms with Crippen molar-refractivity contribution in [2.45, 2.75) is 6.54 Å². The fraction of sp³-hybridized carbons (Fsp3) is 0.182. The summed E-state index contributed by atoms with van der Waals surface area (Å²) in [7, 11) is 1.91. The van der Waals surface area contributed by atoms with Crippen LogP contribution in [0, 0.1) is 0 Å². The molecule has 86 valence electrons. The number of benzene rings is 1. The minimum atomic E-state index is 0.252. The van der Waals surface area contributed by atoms with Crippen LogP contribution in [-0.4, -0.2) is 19.9 Å². The van der Waals surface area contributed by atoms with Crippen LogP contribution in [0.15, 0.2) is 28.9 Å². The highest BCUT2D eigenvalue weighted by Crippen LogP contribution is 2.21. The van der Waals surface area contributed by atoms with Crippen molar-refractivity contribution in [1.29, 1.82) is 0 Å². The first-order valence-corrected chi connectivity index (χ1v) is 5.23. The second-order valence-electron chi connectivity index (χ2n) is 3.76. The molecule has 6 nitrogen and oxygen atoms in total. The summed E-state index contributed by atoms with van der Waals surface area (Å²) in [4.78, 5) is 4.18. The quantitative estimate of drug-likeness (QED) is 0.711.